The number of amides is 2. The first-order valence-electron chi connectivity index (χ1n) is 8.72. The molecule has 1 fully saturated rings. The summed E-state index contributed by atoms with van der Waals surface area (Å²) in [5, 5.41) is 4.17. The van der Waals surface area contributed by atoms with Crippen molar-refractivity contribution in [1.82, 2.24) is 20.0 Å². The molecule has 2 N–H and O–H groups in total. The molecule has 2 amide bonds. The van der Waals surface area contributed by atoms with Gasteiger partial charge in [0.2, 0.25) is 0 Å². The van der Waals surface area contributed by atoms with Crippen LogP contribution in [0.2, 0.25) is 0 Å². The Kier molecular flexibility index (Phi) is 5.33. The fraction of sp³-hybridized carbons (Fsp3) is 0.471. The number of hydrogen-bond acceptors (Lipinski definition) is 4. The topological polar surface area (TPSA) is 78.7 Å². The van der Waals surface area contributed by atoms with E-state index in [2.05, 4.69) is 15.6 Å². The maximum absolute atomic E-state index is 13.8. The largest absolute Gasteiger partial charge is 0.416 e. The zero-order valence-electron chi connectivity index (χ0n) is 15.5. The second kappa shape index (κ2) is 7.36. The van der Waals surface area contributed by atoms with Crippen molar-refractivity contribution in [2.45, 2.75) is 24.3 Å². The lowest BCUT2D eigenvalue weighted by Crippen LogP contribution is -2.67. The average molecular weight is 437 g/mol. The maximum atomic E-state index is 13.8. The minimum absolute atomic E-state index is 0.0384. The monoisotopic (exact) mass is 437 g/mol. The summed E-state index contributed by atoms with van der Waals surface area (Å²) >= 11 is 0. The second-order valence-corrected chi connectivity index (χ2v) is 6.94. The van der Waals surface area contributed by atoms with E-state index in [0.717, 1.165) is 23.2 Å². The zero-order chi connectivity index (χ0) is 22.3. The van der Waals surface area contributed by atoms with Gasteiger partial charge in [0.25, 0.3) is 0 Å². The molecule has 2 atom stereocenters. The van der Waals surface area contributed by atoms with Crippen molar-refractivity contribution in [3.05, 3.63) is 30.2 Å². The standard InChI is InChI=1S/C17H17F6N5O2/c1-24-14(30)26-15(8-29)2-3-27(7-12(15)17(21,22)23)13-5-10(16(18,19)20)4-11-6-25-9-28(11)13/h4-6,8-9,12H,2-3,7H2,1H3,(H2,24,26,30). The van der Waals surface area contributed by atoms with Crippen LogP contribution in [0.3, 0.4) is 0 Å². The summed E-state index contributed by atoms with van der Waals surface area (Å²) in [7, 11) is 1.18. The van der Waals surface area contributed by atoms with Crippen molar-refractivity contribution in [2.24, 2.45) is 5.92 Å². The molecule has 1 aliphatic rings. The van der Waals surface area contributed by atoms with Gasteiger partial charge in [0.1, 0.15) is 29.9 Å². The number of halogens is 6. The molecular formula is C17H17F6N5O2. The van der Waals surface area contributed by atoms with E-state index in [1.165, 1.54) is 17.8 Å². The molecule has 0 aliphatic carbocycles. The Balaban J connectivity index is 2.05. The first-order valence-corrected chi connectivity index (χ1v) is 8.72. The van der Waals surface area contributed by atoms with Crippen LogP contribution in [0.5, 0.6) is 0 Å². The highest BCUT2D eigenvalue weighted by atomic mass is 19.4. The summed E-state index contributed by atoms with van der Waals surface area (Å²) in [6.07, 6.45) is -7.69. The number of carbonyl (C=O) groups excluding carboxylic acids is 2. The molecule has 2 unspecified atom stereocenters. The van der Waals surface area contributed by atoms with E-state index in [4.69, 9.17) is 0 Å². The van der Waals surface area contributed by atoms with E-state index in [1.54, 1.807) is 0 Å². The quantitative estimate of drug-likeness (QED) is 0.572. The fourth-order valence-electron chi connectivity index (χ4n) is 3.59. The highest BCUT2D eigenvalue weighted by Gasteiger charge is 2.57. The lowest BCUT2D eigenvalue weighted by molar-refractivity contribution is -0.195. The number of pyridine rings is 1. The van der Waals surface area contributed by atoms with Crippen molar-refractivity contribution >= 4 is 23.7 Å². The normalized spacial score (nSPS) is 22.8. The van der Waals surface area contributed by atoms with Crippen LogP contribution < -0.4 is 15.5 Å². The number of piperidine rings is 1. The number of alkyl halides is 6. The molecule has 30 heavy (non-hydrogen) atoms. The number of nitrogens with zero attached hydrogens (tertiary/aromatic N) is 3. The molecule has 7 nitrogen and oxygen atoms in total. The molecule has 0 bridgehead atoms. The van der Waals surface area contributed by atoms with Crippen molar-refractivity contribution < 1.29 is 35.9 Å². The Morgan fingerprint density at radius 3 is 2.53 bits per heavy atom. The van der Waals surface area contributed by atoms with Gasteiger partial charge < -0.3 is 20.3 Å². The Bertz CT molecular complexity index is 956. The molecule has 2 aromatic heterocycles. The number of hydrogen-bond donors (Lipinski definition) is 2. The van der Waals surface area contributed by atoms with Gasteiger partial charge in [-0.2, -0.15) is 26.3 Å². The van der Waals surface area contributed by atoms with Gasteiger partial charge >= 0.3 is 18.4 Å². The third-order valence-corrected chi connectivity index (χ3v) is 5.15. The third-order valence-electron chi connectivity index (χ3n) is 5.15. The first-order chi connectivity index (χ1) is 13.9. The van der Waals surface area contributed by atoms with Gasteiger partial charge in [-0.05, 0) is 18.6 Å². The molecule has 1 aliphatic heterocycles. The zero-order valence-corrected chi connectivity index (χ0v) is 15.5. The molecule has 3 heterocycles. The van der Waals surface area contributed by atoms with Crippen LogP contribution in [0.4, 0.5) is 37.0 Å². The molecule has 2 aromatic rings. The van der Waals surface area contributed by atoms with E-state index in [9.17, 15) is 35.9 Å². The molecular weight excluding hydrogens is 420 g/mol. The minimum atomic E-state index is -4.91. The van der Waals surface area contributed by atoms with Crippen LogP contribution in [-0.2, 0) is 11.0 Å². The van der Waals surface area contributed by atoms with Crippen molar-refractivity contribution in [3.8, 4) is 0 Å². The number of fused-ring (bicyclic) bond motifs is 1. The van der Waals surface area contributed by atoms with Crippen LogP contribution in [0.25, 0.3) is 5.52 Å². The number of aromatic nitrogens is 2. The first kappa shape index (κ1) is 21.7. The molecule has 0 aromatic carbocycles. The van der Waals surface area contributed by atoms with E-state index in [-0.39, 0.29) is 24.2 Å². The number of anilines is 1. The Morgan fingerprint density at radius 1 is 1.27 bits per heavy atom. The summed E-state index contributed by atoms with van der Waals surface area (Å²) < 4.78 is 82.5. The average Bonchev–Trinajstić information content (AvgIpc) is 3.14. The van der Waals surface area contributed by atoms with Gasteiger partial charge in [-0.25, -0.2) is 9.78 Å². The molecule has 0 saturated carbocycles. The van der Waals surface area contributed by atoms with Gasteiger partial charge in [0.05, 0.1) is 17.3 Å². The molecule has 13 heteroatoms. The van der Waals surface area contributed by atoms with E-state index in [0.29, 0.717) is 0 Å². The smallest absolute Gasteiger partial charge is 0.357 e. The van der Waals surface area contributed by atoms with Crippen molar-refractivity contribution in [1.29, 1.82) is 0 Å². The molecule has 3 rings (SSSR count). The number of imidazole rings is 1. The van der Waals surface area contributed by atoms with E-state index < -0.39 is 48.4 Å². The maximum Gasteiger partial charge on any atom is 0.416 e. The van der Waals surface area contributed by atoms with Gasteiger partial charge in [0.15, 0.2) is 0 Å². The Hall–Kier alpha value is -2.99. The number of rotatable bonds is 3. The molecule has 0 radical (unpaired) electrons. The number of carbonyl (C=O) groups is 2. The number of nitrogens with one attached hydrogen (secondary N) is 2. The summed E-state index contributed by atoms with van der Waals surface area (Å²) in [6.45, 7) is -1.04. The lowest BCUT2D eigenvalue weighted by atomic mass is 9.78. The van der Waals surface area contributed by atoms with Crippen LogP contribution in [0.15, 0.2) is 24.7 Å². The van der Waals surface area contributed by atoms with Crippen LogP contribution in [-0.4, -0.2) is 53.6 Å². The van der Waals surface area contributed by atoms with Crippen molar-refractivity contribution in [3.63, 3.8) is 0 Å². The van der Waals surface area contributed by atoms with Gasteiger partial charge in [-0.15, -0.1) is 0 Å². The molecule has 164 valence electrons. The predicted octanol–water partition coefficient (Wildman–Crippen LogP) is 2.61. The second-order valence-electron chi connectivity index (χ2n) is 6.94. The Morgan fingerprint density at radius 2 is 1.97 bits per heavy atom. The van der Waals surface area contributed by atoms with Crippen molar-refractivity contribution in [2.75, 3.05) is 25.0 Å². The number of urea groups is 1. The third kappa shape index (κ3) is 3.87. The summed E-state index contributed by atoms with van der Waals surface area (Å²) in [5.74, 6) is -2.49. The predicted molar refractivity (Wildman–Crippen MR) is 93.0 cm³/mol. The molecule has 1 saturated heterocycles. The van der Waals surface area contributed by atoms with Gasteiger partial charge in [-0.3, -0.25) is 4.40 Å². The Labute approximate surface area is 166 Å². The summed E-state index contributed by atoms with van der Waals surface area (Å²) in [5.41, 5.74) is -3.23. The van der Waals surface area contributed by atoms with E-state index in [1.807, 2.05) is 0 Å². The van der Waals surface area contributed by atoms with Crippen LogP contribution >= 0.6 is 0 Å². The summed E-state index contributed by atoms with van der Waals surface area (Å²) in [4.78, 5) is 28.2. The van der Waals surface area contributed by atoms with Crippen LogP contribution in [0.1, 0.15) is 12.0 Å². The molecule has 0 spiro atoms. The lowest BCUT2D eigenvalue weighted by Gasteiger charge is -2.46. The highest BCUT2D eigenvalue weighted by molar-refractivity contribution is 5.81. The van der Waals surface area contributed by atoms with E-state index >= 15 is 0 Å². The minimum Gasteiger partial charge on any atom is -0.357 e. The number of aldehydes is 1. The van der Waals surface area contributed by atoms with Gasteiger partial charge in [0, 0.05) is 20.1 Å². The fourth-order valence-corrected chi connectivity index (χ4v) is 3.59. The SMILES string of the molecule is CNC(=O)NC1(C=O)CCN(c2cc(C(F)(F)F)cc3cncn23)CC1C(F)(F)F. The van der Waals surface area contributed by atoms with Gasteiger partial charge in [-0.1, -0.05) is 0 Å². The highest BCUT2D eigenvalue weighted by Crippen LogP contribution is 2.41. The summed E-state index contributed by atoms with van der Waals surface area (Å²) in [6, 6.07) is 0.605. The van der Waals surface area contributed by atoms with Crippen LogP contribution in [0, 0.1) is 5.92 Å².